The number of hydrogen-bond donors (Lipinski definition) is 2. The van der Waals surface area contributed by atoms with Gasteiger partial charge in [0.15, 0.2) is 0 Å². The third-order valence-corrected chi connectivity index (χ3v) is 4.19. The number of nitrogens with two attached hydrogens (primary N) is 1. The summed E-state index contributed by atoms with van der Waals surface area (Å²) < 4.78 is 0. The van der Waals surface area contributed by atoms with Crippen molar-refractivity contribution in [3.63, 3.8) is 0 Å². The van der Waals surface area contributed by atoms with Gasteiger partial charge in [0.25, 0.3) is 0 Å². The van der Waals surface area contributed by atoms with Gasteiger partial charge in [-0.3, -0.25) is 4.79 Å². The molecule has 2 fully saturated rings. The second-order valence-electron chi connectivity index (χ2n) is 6.08. The van der Waals surface area contributed by atoms with Crippen molar-refractivity contribution in [1.82, 2.24) is 0 Å². The molecule has 1 aromatic carbocycles. The highest BCUT2D eigenvalue weighted by Crippen LogP contribution is 2.44. The first-order valence-corrected chi connectivity index (χ1v) is 7.42. The lowest BCUT2D eigenvalue weighted by molar-refractivity contribution is -0.138. The molecule has 0 amide bonds. The van der Waals surface area contributed by atoms with Crippen molar-refractivity contribution >= 4 is 11.5 Å². The van der Waals surface area contributed by atoms with E-state index < -0.39 is 12.0 Å². The Morgan fingerprint density at radius 1 is 1.25 bits per heavy atom. The fourth-order valence-corrected chi connectivity index (χ4v) is 2.62. The number of benzene rings is 1. The highest BCUT2D eigenvalue weighted by Gasteiger charge is 2.27. The Kier molecular flexibility index (Phi) is 3.62. The Labute approximate surface area is 119 Å². The molecule has 2 aliphatic carbocycles. The van der Waals surface area contributed by atoms with Gasteiger partial charge in [-0.15, -0.1) is 0 Å². The normalized spacial score (nSPS) is 18.8. The molecule has 0 saturated heterocycles. The summed E-state index contributed by atoms with van der Waals surface area (Å²) in [6.45, 7) is 0. The highest BCUT2D eigenvalue weighted by atomic mass is 16.4. The minimum absolute atomic E-state index is 0.393. The van der Waals surface area contributed by atoms with E-state index in [-0.39, 0.29) is 0 Å². The van der Waals surface area contributed by atoms with E-state index in [9.17, 15) is 4.79 Å². The van der Waals surface area contributed by atoms with Crippen LogP contribution in [0.15, 0.2) is 29.8 Å². The van der Waals surface area contributed by atoms with Gasteiger partial charge in [0.1, 0.15) is 6.04 Å². The molecule has 0 radical (unpaired) electrons. The summed E-state index contributed by atoms with van der Waals surface area (Å²) >= 11 is 0. The second kappa shape index (κ2) is 5.41. The topological polar surface area (TPSA) is 63.3 Å². The zero-order valence-corrected chi connectivity index (χ0v) is 11.6. The maximum absolute atomic E-state index is 10.8. The monoisotopic (exact) mass is 271 g/mol. The lowest BCUT2D eigenvalue weighted by Crippen LogP contribution is -2.32. The van der Waals surface area contributed by atoms with Gasteiger partial charge in [-0.25, -0.2) is 0 Å². The Balaban J connectivity index is 1.71. The molecule has 2 aliphatic rings. The number of carboxylic acid groups (broad SMARTS) is 1. The lowest BCUT2D eigenvalue weighted by Gasteiger charge is -2.10. The van der Waals surface area contributed by atoms with E-state index in [4.69, 9.17) is 10.8 Å². The molecular weight excluding hydrogens is 250 g/mol. The van der Waals surface area contributed by atoms with Crippen LogP contribution < -0.4 is 5.73 Å². The quantitative estimate of drug-likeness (QED) is 0.836. The van der Waals surface area contributed by atoms with E-state index in [1.165, 1.54) is 37.7 Å². The van der Waals surface area contributed by atoms with Crippen LogP contribution >= 0.6 is 0 Å². The average Bonchev–Trinajstić information content (AvgIpc) is 3.29. The summed E-state index contributed by atoms with van der Waals surface area (Å²) in [5.74, 6) is -0.0400. The van der Waals surface area contributed by atoms with Gasteiger partial charge in [0.05, 0.1) is 0 Å². The number of hydrogen-bond acceptors (Lipinski definition) is 2. The maximum Gasteiger partial charge on any atom is 0.320 e. The first kappa shape index (κ1) is 13.4. The first-order valence-electron chi connectivity index (χ1n) is 7.42. The number of carbonyl (C=O) groups is 1. The summed E-state index contributed by atoms with van der Waals surface area (Å²) in [5.41, 5.74) is 11.0. The van der Waals surface area contributed by atoms with Gasteiger partial charge in [-0.2, -0.15) is 0 Å². The van der Waals surface area contributed by atoms with E-state index >= 15 is 0 Å². The number of rotatable bonds is 6. The molecule has 0 aliphatic heterocycles. The number of carboxylic acids is 1. The van der Waals surface area contributed by atoms with Crippen molar-refractivity contribution in [2.24, 2.45) is 11.7 Å². The first-order chi connectivity index (χ1) is 9.63. The van der Waals surface area contributed by atoms with Crippen LogP contribution in [0, 0.1) is 5.92 Å². The van der Waals surface area contributed by atoms with Gasteiger partial charge in [0, 0.05) is 0 Å². The summed E-state index contributed by atoms with van der Waals surface area (Å²) in [5, 5.41) is 8.84. The molecule has 0 spiro atoms. The molecule has 3 rings (SSSR count). The molecule has 0 heterocycles. The Morgan fingerprint density at radius 3 is 2.40 bits per heavy atom. The van der Waals surface area contributed by atoms with Gasteiger partial charge in [-0.1, -0.05) is 29.8 Å². The van der Waals surface area contributed by atoms with Crippen LogP contribution in [-0.4, -0.2) is 17.1 Å². The molecule has 20 heavy (non-hydrogen) atoms. The van der Waals surface area contributed by atoms with Crippen LogP contribution in [-0.2, 0) is 11.2 Å². The fourth-order valence-electron chi connectivity index (χ4n) is 2.62. The molecule has 3 nitrogen and oxygen atoms in total. The predicted molar refractivity (Wildman–Crippen MR) is 79.3 cm³/mol. The van der Waals surface area contributed by atoms with E-state index in [2.05, 4.69) is 12.1 Å². The zero-order chi connectivity index (χ0) is 14.1. The van der Waals surface area contributed by atoms with Gasteiger partial charge >= 0.3 is 5.97 Å². The summed E-state index contributed by atoms with van der Waals surface area (Å²) in [6, 6.07) is 7.50. The van der Waals surface area contributed by atoms with Crippen LogP contribution in [0.2, 0.25) is 0 Å². The van der Waals surface area contributed by atoms with Gasteiger partial charge in [-0.05, 0) is 61.1 Å². The molecule has 1 aromatic rings. The Hall–Kier alpha value is -1.61. The molecule has 106 valence electrons. The predicted octanol–water partition coefficient (Wildman–Crippen LogP) is 2.99. The zero-order valence-electron chi connectivity index (χ0n) is 11.6. The molecule has 1 atom stereocenters. The highest BCUT2D eigenvalue weighted by molar-refractivity contribution is 5.74. The summed E-state index contributed by atoms with van der Waals surface area (Å²) in [6.07, 6.45) is 6.89. The van der Waals surface area contributed by atoms with E-state index in [1.807, 2.05) is 12.1 Å². The van der Waals surface area contributed by atoms with Crippen molar-refractivity contribution < 1.29 is 9.90 Å². The molecule has 1 unspecified atom stereocenters. The average molecular weight is 271 g/mol. The van der Waals surface area contributed by atoms with Crippen molar-refractivity contribution in [2.45, 2.75) is 44.6 Å². The Bertz CT molecular complexity index is 535. The Morgan fingerprint density at radius 2 is 1.90 bits per heavy atom. The maximum atomic E-state index is 10.8. The van der Waals surface area contributed by atoms with E-state index in [1.54, 1.807) is 11.1 Å². The van der Waals surface area contributed by atoms with Crippen LogP contribution in [0.3, 0.4) is 0 Å². The molecule has 2 saturated carbocycles. The summed E-state index contributed by atoms with van der Waals surface area (Å²) in [4.78, 5) is 10.8. The minimum atomic E-state index is -0.941. The fraction of sp³-hybridized carbons (Fsp3) is 0.471. The molecular formula is C17H21NO2. The van der Waals surface area contributed by atoms with Gasteiger partial charge < -0.3 is 10.8 Å². The van der Waals surface area contributed by atoms with Crippen molar-refractivity contribution in [1.29, 1.82) is 0 Å². The SMILES string of the molecule is NC(Cc1ccc(C(CC2CC2)=C2CC2)cc1)C(=O)O. The minimum Gasteiger partial charge on any atom is -0.480 e. The van der Waals surface area contributed by atoms with Crippen LogP contribution in [0.5, 0.6) is 0 Å². The van der Waals surface area contributed by atoms with Crippen LogP contribution in [0.4, 0.5) is 0 Å². The smallest absolute Gasteiger partial charge is 0.320 e. The van der Waals surface area contributed by atoms with Crippen molar-refractivity contribution in [3.05, 3.63) is 41.0 Å². The third-order valence-electron chi connectivity index (χ3n) is 4.19. The molecule has 3 N–H and O–H groups in total. The molecule has 0 aromatic heterocycles. The third kappa shape index (κ3) is 3.28. The second-order valence-corrected chi connectivity index (χ2v) is 6.08. The van der Waals surface area contributed by atoms with E-state index in [0.717, 1.165) is 11.5 Å². The van der Waals surface area contributed by atoms with Crippen LogP contribution in [0.25, 0.3) is 5.57 Å². The van der Waals surface area contributed by atoms with Gasteiger partial charge in [0.2, 0.25) is 0 Å². The lowest BCUT2D eigenvalue weighted by atomic mass is 9.96. The van der Waals surface area contributed by atoms with Crippen molar-refractivity contribution in [2.75, 3.05) is 0 Å². The van der Waals surface area contributed by atoms with E-state index in [0.29, 0.717) is 6.42 Å². The van der Waals surface area contributed by atoms with Crippen molar-refractivity contribution in [3.8, 4) is 0 Å². The summed E-state index contributed by atoms with van der Waals surface area (Å²) in [7, 11) is 0. The number of aliphatic carboxylic acids is 1. The van der Waals surface area contributed by atoms with Crippen LogP contribution in [0.1, 0.15) is 43.2 Å². The standard InChI is InChI=1S/C17H21NO2/c18-16(17(19)20)10-12-3-5-13(6-4-12)15(14-7-8-14)9-11-1-2-11/h3-6,11,16H,1-2,7-10,18H2,(H,19,20). The largest absolute Gasteiger partial charge is 0.480 e. The molecule has 0 bridgehead atoms. The molecule has 3 heteroatoms. The number of allylic oxidation sites excluding steroid dienone is 2.